The maximum Gasteiger partial charge on any atom is 0.490 e. The van der Waals surface area contributed by atoms with E-state index in [-0.39, 0.29) is 6.04 Å². The molecule has 1 rings (SSSR count). The van der Waals surface area contributed by atoms with E-state index in [1.54, 1.807) is 6.92 Å². The van der Waals surface area contributed by atoms with Gasteiger partial charge >= 0.3 is 12.1 Å². The molecule has 0 bridgehead atoms. The molecule has 0 radical (unpaired) electrons. The summed E-state index contributed by atoms with van der Waals surface area (Å²) in [4.78, 5) is 10.2. The molecule has 1 heterocycles. The first-order chi connectivity index (χ1) is 5.41. The maximum atomic E-state index is 11.6. The number of nitrogens with one attached hydrogen (secondary N) is 1. The average molecular weight is 183 g/mol. The van der Waals surface area contributed by atoms with Crippen molar-refractivity contribution in [2.45, 2.75) is 25.2 Å². The van der Waals surface area contributed by atoms with Crippen LogP contribution in [0.1, 0.15) is 6.92 Å². The Kier molecular flexibility index (Phi) is 2.27. The Bertz CT molecular complexity index is 192. The standard InChI is InChI=1S/C6H8F3NO2/c1-3-4(2-10-3)12-5(11)6(7,8)9/h3-4,10H,2H2,1H3/t3-,4+/m1/s1. The summed E-state index contributed by atoms with van der Waals surface area (Å²) < 4.78 is 38.9. The zero-order valence-electron chi connectivity index (χ0n) is 6.31. The van der Waals surface area contributed by atoms with E-state index in [2.05, 4.69) is 10.1 Å². The molecule has 1 N–H and O–H groups in total. The summed E-state index contributed by atoms with van der Waals surface area (Å²) in [7, 11) is 0. The number of halogens is 3. The molecule has 0 aliphatic carbocycles. The molecular formula is C6H8F3NO2. The third-order valence-electron chi connectivity index (χ3n) is 1.69. The molecule has 12 heavy (non-hydrogen) atoms. The van der Waals surface area contributed by atoms with Crippen molar-refractivity contribution in [2.75, 3.05) is 6.54 Å². The Morgan fingerprint density at radius 2 is 2.17 bits per heavy atom. The summed E-state index contributed by atoms with van der Waals surface area (Å²) >= 11 is 0. The maximum absolute atomic E-state index is 11.6. The highest BCUT2D eigenvalue weighted by atomic mass is 19.4. The molecule has 6 heteroatoms. The van der Waals surface area contributed by atoms with E-state index in [1.807, 2.05) is 0 Å². The zero-order valence-corrected chi connectivity index (χ0v) is 6.31. The molecule has 1 aliphatic heterocycles. The topological polar surface area (TPSA) is 38.3 Å². The number of esters is 1. The molecule has 1 aliphatic rings. The molecule has 0 aromatic heterocycles. The van der Waals surface area contributed by atoms with Crippen molar-refractivity contribution < 1.29 is 22.7 Å². The molecule has 3 nitrogen and oxygen atoms in total. The van der Waals surface area contributed by atoms with Crippen LogP contribution in [-0.4, -0.2) is 30.8 Å². The van der Waals surface area contributed by atoms with Crippen molar-refractivity contribution in [3.05, 3.63) is 0 Å². The summed E-state index contributed by atoms with van der Waals surface area (Å²) in [5, 5.41) is 2.77. The minimum atomic E-state index is -4.88. The van der Waals surface area contributed by atoms with Gasteiger partial charge in [-0.1, -0.05) is 0 Å². The second-order valence-electron chi connectivity index (χ2n) is 2.64. The van der Waals surface area contributed by atoms with Gasteiger partial charge in [0.2, 0.25) is 0 Å². The van der Waals surface area contributed by atoms with Crippen LogP contribution in [0.5, 0.6) is 0 Å². The fourth-order valence-corrected chi connectivity index (χ4v) is 0.798. The van der Waals surface area contributed by atoms with Gasteiger partial charge in [0.25, 0.3) is 0 Å². The lowest BCUT2D eigenvalue weighted by Gasteiger charge is -2.34. The minimum Gasteiger partial charge on any atom is -0.453 e. The van der Waals surface area contributed by atoms with Crippen LogP contribution in [0.4, 0.5) is 13.2 Å². The Labute approximate surface area is 66.9 Å². The van der Waals surface area contributed by atoms with Crippen molar-refractivity contribution in [2.24, 2.45) is 0 Å². The number of ether oxygens (including phenoxy) is 1. The molecule has 0 aromatic rings. The van der Waals surface area contributed by atoms with Crippen LogP contribution in [0.15, 0.2) is 0 Å². The Balaban J connectivity index is 2.36. The van der Waals surface area contributed by atoms with Gasteiger partial charge in [-0.15, -0.1) is 0 Å². The van der Waals surface area contributed by atoms with Crippen LogP contribution < -0.4 is 5.32 Å². The molecule has 0 aromatic carbocycles. The molecule has 0 amide bonds. The quantitative estimate of drug-likeness (QED) is 0.600. The SMILES string of the molecule is C[C@H]1NC[C@@H]1OC(=O)C(F)(F)F. The smallest absolute Gasteiger partial charge is 0.453 e. The minimum absolute atomic E-state index is 0.184. The van der Waals surface area contributed by atoms with Crippen LogP contribution in [0.2, 0.25) is 0 Å². The van der Waals surface area contributed by atoms with Gasteiger partial charge in [0.1, 0.15) is 6.10 Å². The normalized spacial score (nSPS) is 29.3. The highest BCUT2D eigenvalue weighted by molar-refractivity contribution is 5.75. The molecule has 0 unspecified atom stereocenters. The van der Waals surface area contributed by atoms with Crippen LogP contribution in [-0.2, 0) is 9.53 Å². The van der Waals surface area contributed by atoms with Crippen LogP contribution in [0, 0.1) is 0 Å². The van der Waals surface area contributed by atoms with Gasteiger partial charge in [0, 0.05) is 12.6 Å². The second kappa shape index (κ2) is 2.93. The van der Waals surface area contributed by atoms with E-state index in [1.165, 1.54) is 0 Å². The molecule has 2 atom stereocenters. The Morgan fingerprint density at radius 3 is 2.42 bits per heavy atom. The van der Waals surface area contributed by atoms with Crippen molar-refractivity contribution in [3.63, 3.8) is 0 Å². The van der Waals surface area contributed by atoms with E-state index < -0.39 is 18.2 Å². The predicted molar refractivity (Wildman–Crippen MR) is 33.4 cm³/mol. The van der Waals surface area contributed by atoms with Gasteiger partial charge in [-0.05, 0) is 6.92 Å². The highest BCUT2D eigenvalue weighted by Crippen LogP contribution is 2.19. The van der Waals surface area contributed by atoms with E-state index in [9.17, 15) is 18.0 Å². The van der Waals surface area contributed by atoms with Crippen molar-refractivity contribution in [1.82, 2.24) is 5.32 Å². The van der Waals surface area contributed by atoms with Crippen molar-refractivity contribution in [1.29, 1.82) is 0 Å². The van der Waals surface area contributed by atoms with Gasteiger partial charge in [-0.3, -0.25) is 0 Å². The lowest BCUT2D eigenvalue weighted by Crippen LogP contribution is -2.58. The third kappa shape index (κ3) is 1.88. The highest BCUT2D eigenvalue weighted by Gasteiger charge is 2.44. The third-order valence-corrected chi connectivity index (χ3v) is 1.69. The first kappa shape index (κ1) is 9.31. The zero-order chi connectivity index (χ0) is 9.35. The summed E-state index contributed by atoms with van der Waals surface area (Å²) in [5.41, 5.74) is 0. The summed E-state index contributed by atoms with van der Waals surface area (Å²) in [5.74, 6) is -2.11. The number of hydrogen-bond donors (Lipinski definition) is 1. The van der Waals surface area contributed by atoms with Crippen LogP contribution >= 0.6 is 0 Å². The predicted octanol–water partition coefficient (Wildman–Crippen LogP) is 0.452. The van der Waals surface area contributed by atoms with Gasteiger partial charge in [0.15, 0.2) is 0 Å². The number of carbonyl (C=O) groups excluding carboxylic acids is 1. The largest absolute Gasteiger partial charge is 0.490 e. The summed E-state index contributed by atoms with van der Waals surface area (Å²) in [6, 6.07) is -0.184. The van der Waals surface area contributed by atoms with Gasteiger partial charge in [-0.25, -0.2) is 4.79 Å². The van der Waals surface area contributed by atoms with Crippen LogP contribution in [0.25, 0.3) is 0 Å². The molecule has 1 fully saturated rings. The molecule has 1 saturated heterocycles. The molecule has 0 saturated carbocycles. The number of rotatable bonds is 1. The van der Waals surface area contributed by atoms with E-state index in [0.29, 0.717) is 6.54 Å². The van der Waals surface area contributed by atoms with Crippen molar-refractivity contribution >= 4 is 5.97 Å². The summed E-state index contributed by atoms with van der Waals surface area (Å²) in [6.07, 6.45) is -5.52. The monoisotopic (exact) mass is 183 g/mol. The van der Waals surface area contributed by atoms with E-state index >= 15 is 0 Å². The fraction of sp³-hybridized carbons (Fsp3) is 0.833. The van der Waals surface area contributed by atoms with Crippen LogP contribution in [0.3, 0.4) is 0 Å². The van der Waals surface area contributed by atoms with Gasteiger partial charge in [-0.2, -0.15) is 13.2 Å². The first-order valence-corrected chi connectivity index (χ1v) is 3.42. The number of carbonyl (C=O) groups is 1. The summed E-state index contributed by atoms with van der Waals surface area (Å²) in [6.45, 7) is 1.95. The Hall–Kier alpha value is -0.780. The number of alkyl halides is 3. The second-order valence-corrected chi connectivity index (χ2v) is 2.64. The lowest BCUT2D eigenvalue weighted by molar-refractivity contribution is -0.208. The molecule has 0 spiro atoms. The fourth-order valence-electron chi connectivity index (χ4n) is 0.798. The average Bonchev–Trinajstić information content (AvgIpc) is 1.95. The van der Waals surface area contributed by atoms with E-state index in [4.69, 9.17) is 0 Å². The first-order valence-electron chi connectivity index (χ1n) is 3.42. The van der Waals surface area contributed by atoms with Crippen molar-refractivity contribution in [3.8, 4) is 0 Å². The molecular weight excluding hydrogens is 175 g/mol. The van der Waals surface area contributed by atoms with Gasteiger partial charge in [0.05, 0.1) is 0 Å². The van der Waals surface area contributed by atoms with Gasteiger partial charge < -0.3 is 10.1 Å². The Morgan fingerprint density at radius 1 is 1.58 bits per heavy atom. The number of hydrogen-bond acceptors (Lipinski definition) is 3. The lowest BCUT2D eigenvalue weighted by atomic mass is 10.1. The van der Waals surface area contributed by atoms with E-state index in [0.717, 1.165) is 0 Å². The molecule has 70 valence electrons.